The van der Waals surface area contributed by atoms with Crippen molar-refractivity contribution in [3.63, 3.8) is 0 Å². The maximum absolute atomic E-state index is 11.4. The van der Waals surface area contributed by atoms with Crippen molar-refractivity contribution >= 4 is 22.4 Å². The van der Waals surface area contributed by atoms with E-state index in [0.717, 1.165) is 32.6 Å². The van der Waals surface area contributed by atoms with Crippen LogP contribution in [0.2, 0.25) is 0 Å². The van der Waals surface area contributed by atoms with Crippen molar-refractivity contribution in [2.75, 3.05) is 25.4 Å². The fourth-order valence-electron chi connectivity index (χ4n) is 3.10. The number of likely N-dealkylation sites (tertiary alicyclic amines) is 1. The van der Waals surface area contributed by atoms with E-state index in [1.165, 1.54) is 11.3 Å². The van der Waals surface area contributed by atoms with Gasteiger partial charge in [-0.05, 0) is 19.4 Å². The summed E-state index contributed by atoms with van der Waals surface area (Å²) >= 11 is 1.56. The molecule has 3 rings (SSSR count). The summed E-state index contributed by atoms with van der Waals surface area (Å²) in [7, 11) is 0. The van der Waals surface area contributed by atoms with Crippen LogP contribution in [0.3, 0.4) is 0 Å². The third-order valence-electron chi connectivity index (χ3n) is 3.89. The molecule has 2 saturated heterocycles. The number of rotatable bonds is 2. The molecule has 1 unspecified atom stereocenters. The molecule has 6 heteroatoms. The van der Waals surface area contributed by atoms with Gasteiger partial charge < -0.3 is 11.1 Å². The first-order chi connectivity index (χ1) is 8.65. The molecule has 2 fully saturated rings. The number of nitrogen functional groups attached to an aromatic ring is 1. The molecule has 1 atom stereocenters. The van der Waals surface area contributed by atoms with E-state index in [0.29, 0.717) is 11.6 Å². The normalized spacial score (nSPS) is 28.8. The highest BCUT2D eigenvalue weighted by atomic mass is 32.1. The number of aromatic nitrogens is 1. The van der Waals surface area contributed by atoms with Crippen LogP contribution < -0.4 is 11.1 Å². The highest BCUT2D eigenvalue weighted by Gasteiger charge is 2.41. The molecule has 0 saturated carbocycles. The van der Waals surface area contributed by atoms with Crippen molar-refractivity contribution in [3.8, 4) is 0 Å². The lowest BCUT2D eigenvalue weighted by Gasteiger charge is -2.39. The number of amides is 1. The maximum Gasteiger partial charge on any atom is 0.220 e. The number of carbonyl (C=O) groups excluding carboxylic acids is 1. The van der Waals surface area contributed by atoms with Crippen LogP contribution >= 0.6 is 11.3 Å². The average Bonchev–Trinajstić information content (AvgIpc) is 2.87. The summed E-state index contributed by atoms with van der Waals surface area (Å²) in [5.74, 6) is 0.207. The predicted octanol–water partition coefficient (Wildman–Crippen LogP) is 0.827. The number of thiazole rings is 1. The third-order valence-corrected chi connectivity index (χ3v) is 4.70. The first-order valence-corrected chi connectivity index (χ1v) is 7.16. The monoisotopic (exact) mass is 266 g/mol. The Morgan fingerprint density at radius 3 is 3.17 bits per heavy atom. The SMILES string of the molecule is Nc1ncc(CN2CCCC3(CNC(=O)C3)C2)s1. The lowest BCUT2D eigenvalue weighted by Crippen LogP contribution is -2.43. The van der Waals surface area contributed by atoms with Crippen molar-refractivity contribution in [2.24, 2.45) is 5.41 Å². The van der Waals surface area contributed by atoms with Gasteiger partial charge in [-0.25, -0.2) is 4.98 Å². The first-order valence-electron chi connectivity index (χ1n) is 6.35. The van der Waals surface area contributed by atoms with E-state index < -0.39 is 0 Å². The number of nitrogens with two attached hydrogens (primary N) is 1. The molecule has 1 aromatic heterocycles. The van der Waals surface area contributed by atoms with Crippen LogP contribution in [0.4, 0.5) is 5.13 Å². The van der Waals surface area contributed by atoms with Crippen LogP contribution in [0.1, 0.15) is 24.1 Å². The van der Waals surface area contributed by atoms with Crippen LogP contribution in [0, 0.1) is 5.41 Å². The molecular weight excluding hydrogens is 248 g/mol. The zero-order valence-corrected chi connectivity index (χ0v) is 11.1. The number of anilines is 1. The molecule has 0 aromatic carbocycles. The Hall–Kier alpha value is -1.14. The summed E-state index contributed by atoms with van der Waals surface area (Å²) in [5, 5.41) is 3.61. The highest BCUT2D eigenvalue weighted by Crippen LogP contribution is 2.36. The molecule has 3 N–H and O–H groups in total. The minimum atomic E-state index is 0.172. The molecule has 18 heavy (non-hydrogen) atoms. The predicted molar refractivity (Wildman–Crippen MR) is 71.1 cm³/mol. The molecule has 2 aliphatic heterocycles. The Morgan fingerprint density at radius 2 is 2.50 bits per heavy atom. The highest BCUT2D eigenvalue weighted by molar-refractivity contribution is 7.15. The molecule has 0 aliphatic carbocycles. The molecule has 3 heterocycles. The van der Waals surface area contributed by atoms with Crippen LogP contribution in [0.5, 0.6) is 0 Å². The van der Waals surface area contributed by atoms with Crippen molar-refractivity contribution in [1.82, 2.24) is 15.2 Å². The summed E-state index contributed by atoms with van der Waals surface area (Å²) in [4.78, 5) is 19.2. The Morgan fingerprint density at radius 1 is 1.61 bits per heavy atom. The number of hydrogen-bond donors (Lipinski definition) is 2. The number of nitrogens with zero attached hydrogens (tertiary/aromatic N) is 2. The molecule has 0 bridgehead atoms. The lowest BCUT2D eigenvalue weighted by atomic mass is 9.79. The quantitative estimate of drug-likeness (QED) is 0.831. The summed E-state index contributed by atoms with van der Waals surface area (Å²) < 4.78 is 0. The van der Waals surface area contributed by atoms with Gasteiger partial charge in [-0.1, -0.05) is 0 Å². The van der Waals surface area contributed by atoms with E-state index in [-0.39, 0.29) is 11.3 Å². The third kappa shape index (κ3) is 2.35. The second kappa shape index (κ2) is 4.51. The van der Waals surface area contributed by atoms with Gasteiger partial charge in [0.2, 0.25) is 5.91 Å². The second-order valence-corrected chi connectivity index (χ2v) is 6.58. The zero-order valence-electron chi connectivity index (χ0n) is 10.3. The van der Waals surface area contributed by atoms with Crippen LogP contribution in [-0.4, -0.2) is 35.4 Å². The van der Waals surface area contributed by atoms with Gasteiger partial charge in [-0.15, -0.1) is 11.3 Å². The minimum absolute atomic E-state index is 0.172. The molecule has 1 amide bonds. The van der Waals surface area contributed by atoms with Crippen LogP contribution in [0.15, 0.2) is 6.20 Å². The first kappa shape index (κ1) is 11.9. The van der Waals surface area contributed by atoms with E-state index in [2.05, 4.69) is 15.2 Å². The molecule has 5 nitrogen and oxygen atoms in total. The van der Waals surface area contributed by atoms with Crippen molar-refractivity contribution < 1.29 is 4.79 Å². The van der Waals surface area contributed by atoms with Gasteiger partial charge >= 0.3 is 0 Å². The maximum atomic E-state index is 11.4. The summed E-state index contributed by atoms with van der Waals surface area (Å²) in [6, 6.07) is 0. The number of hydrogen-bond acceptors (Lipinski definition) is 5. The van der Waals surface area contributed by atoms with Crippen molar-refractivity contribution in [3.05, 3.63) is 11.1 Å². The van der Waals surface area contributed by atoms with E-state index in [1.54, 1.807) is 11.3 Å². The number of carbonyl (C=O) groups is 1. The Labute approximate surface area is 110 Å². The fraction of sp³-hybridized carbons (Fsp3) is 0.667. The molecule has 98 valence electrons. The second-order valence-electron chi connectivity index (χ2n) is 5.43. The smallest absolute Gasteiger partial charge is 0.220 e. The van der Waals surface area contributed by atoms with E-state index >= 15 is 0 Å². The Bertz CT molecular complexity index is 461. The van der Waals surface area contributed by atoms with Crippen molar-refractivity contribution in [2.45, 2.75) is 25.8 Å². The van der Waals surface area contributed by atoms with E-state index in [9.17, 15) is 4.79 Å². The number of nitrogens with one attached hydrogen (secondary N) is 1. The van der Waals surface area contributed by atoms with Gasteiger partial charge in [0.15, 0.2) is 5.13 Å². The Balaban J connectivity index is 1.65. The standard InChI is InChI=1S/C12H18N4OS/c13-11-14-5-9(18-11)6-16-3-1-2-12(8-16)4-10(17)15-7-12/h5H,1-4,6-8H2,(H2,13,14)(H,15,17). The van der Waals surface area contributed by atoms with Gasteiger partial charge in [0.25, 0.3) is 0 Å². The largest absolute Gasteiger partial charge is 0.375 e. The van der Waals surface area contributed by atoms with Gasteiger partial charge in [0.1, 0.15) is 0 Å². The topological polar surface area (TPSA) is 71.2 Å². The zero-order chi connectivity index (χ0) is 12.6. The summed E-state index contributed by atoms with van der Waals surface area (Å²) in [6.07, 6.45) is 4.88. The minimum Gasteiger partial charge on any atom is -0.375 e. The molecule has 2 aliphatic rings. The molecule has 1 aromatic rings. The number of piperidine rings is 1. The van der Waals surface area contributed by atoms with Crippen LogP contribution in [0.25, 0.3) is 0 Å². The summed E-state index contributed by atoms with van der Waals surface area (Å²) in [5.41, 5.74) is 5.82. The van der Waals surface area contributed by atoms with Gasteiger partial charge in [-0.2, -0.15) is 0 Å². The van der Waals surface area contributed by atoms with E-state index in [1.807, 2.05) is 6.20 Å². The average molecular weight is 266 g/mol. The van der Waals surface area contributed by atoms with E-state index in [4.69, 9.17) is 5.73 Å². The van der Waals surface area contributed by atoms with Gasteiger partial charge in [0.05, 0.1) is 0 Å². The van der Waals surface area contributed by atoms with Crippen molar-refractivity contribution in [1.29, 1.82) is 0 Å². The molecular formula is C12H18N4OS. The fourth-order valence-corrected chi connectivity index (χ4v) is 3.83. The van der Waals surface area contributed by atoms with Crippen LogP contribution in [-0.2, 0) is 11.3 Å². The van der Waals surface area contributed by atoms with Gasteiger partial charge in [0, 0.05) is 42.5 Å². The Kier molecular flexibility index (Phi) is 2.99. The summed E-state index contributed by atoms with van der Waals surface area (Å²) in [6.45, 7) is 3.86. The van der Waals surface area contributed by atoms with Gasteiger partial charge in [-0.3, -0.25) is 9.69 Å². The molecule has 0 radical (unpaired) electrons. The lowest BCUT2D eigenvalue weighted by molar-refractivity contribution is -0.119. The molecule has 1 spiro atoms.